The van der Waals surface area contributed by atoms with Crippen LogP contribution in [0.1, 0.15) is 16.1 Å². The fourth-order valence-electron chi connectivity index (χ4n) is 1.52. The van der Waals surface area contributed by atoms with Crippen LogP contribution < -0.4 is 10.5 Å². The van der Waals surface area contributed by atoms with E-state index in [1.807, 2.05) is 0 Å². The number of rotatable bonds is 3. The van der Waals surface area contributed by atoms with Crippen LogP contribution in [0.2, 0.25) is 0 Å². The van der Waals surface area contributed by atoms with Gasteiger partial charge in [0.1, 0.15) is 12.0 Å². The van der Waals surface area contributed by atoms with Crippen LogP contribution in [0.3, 0.4) is 0 Å². The molecular formula is C12H12N2O4S. The summed E-state index contributed by atoms with van der Waals surface area (Å²) in [6.45, 7) is 1.72. The average molecular weight is 280 g/mol. The second-order valence-corrected chi connectivity index (χ2v) is 5.53. The Bertz CT molecular complexity index is 719. The maximum Gasteiger partial charge on any atom is 0.258 e. The first kappa shape index (κ1) is 13.3. The molecule has 0 aliphatic carbocycles. The molecule has 0 fully saturated rings. The third-order valence-corrected chi connectivity index (χ3v) is 3.32. The van der Waals surface area contributed by atoms with Crippen molar-refractivity contribution in [1.29, 1.82) is 0 Å². The molecule has 0 aliphatic rings. The van der Waals surface area contributed by atoms with Crippen molar-refractivity contribution in [3.05, 3.63) is 47.9 Å². The van der Waals surface area contributed by atoms with Gasteiger partial charge in [-0.15, -0.1) is 0 Å². The van der Waals surface area contributed by atoms with E-state index in [1.54, 1.807) is 19.1 Å². The zero-order valence-corrected chi connectivity index (χ0v) is 10.9. The van der Waals surface area contributed by atoms with Gasteiger partial charge in [-0.25, -0.2) is 13.6 Å². The van der Waals surface area contributed by atoms with Gasteiger partial charge in [-0.3, -0.25) is 4.79 Å². The molecule has 1 aromatic carbocycles. The molecule has 3 N–H and O–H groups in total. The van der Waals surface area contributed by atoms with Crippen LogP contribution in [-0.4, -0.2) is 14.3 Å². The lowest BCUT2D eigenvalue weighted by molar-refractivity contribution is 0.102. The van der Waals surface area contributed by atoms with Crippen molar-refractivity contribution in [2.75, 3.05) is 5.32 Å². The quantitative estimate of drug-likeness (QED) is 0.889. The molecule has 0 aliphatic heterocycles. The van der Waals surface area contributed by atoms with Gasteiger partial charge in [0, 0.05) is 5.69 Å². The summed E-state index contributed by atoms with van der Waals surface area (Å²) in [5, 5.41) is 7.58. The Kier molecular flexibility index (Phi) is 3.41. The number of carbonyl (C=O) groups excluding carboxylic acids is 1. The van der Waals surface area contributed by atoms with Crippen LogP contribution >= 0.6 is 0 Å². The molecule has 1 amide bonds. The third kappa shape index (κ3) is 3.21. The SMILES string of the molecule is Cc1cc(C(=O)Nc2cccc(S(N)(=O)=O)c2)co1. The molecule has 1 heterocycles. The highest BCUT2D eigenvalue weighted by Gasteiger charge is 2.11. The number of sulfonamides is 1. The molecule has 19 heavy (non-hydrogen) atoms. The number of furan rings is 1. The Morgan fingerprint density at radius 2 is 2.05 bits per heavy atom. The molecule has 2 rings (SSSR count). The number of primary sulfonamides is 1. The first-order chi connectivity index (χ1) is 8.86. The predicted octanol–water partition coefficient (Wildman–Crippen LogP) is 1.49. The summed E-state index contributed by atoms with van der Waals surface area (Å²) < 4.78 is 27.4. The normalized spacial score (nSPS) is 11.3. The summed E-state index contributed by atoms with van der Waals surface area (Å²) in [6.07, 6.45) is 1.33. The molecule has 0 saturated carbocycles. The maximum absolute atomic E-state index is 11.8. The lowest BCUT2D eigenvalue weighted by Gasteiger charge is -2.05. The molecule has 7 heteroatoms. The first-order valence-electron chi connectivity index (χ1n) is 5.35. The van der Waals surface area contributed by atoms with E-state index >= 15 is 0 Å². The van der Waals surface area contributed by atoms with Crippen LogP contribution in [0, 0.1) is 6.92 Å². The summed E-state index contributed by atoms with van der Waals surface area (Å²) >= 11 is 0. The molecule has 2 aromatic rings. The van der Waals surface area contributed by atoms with E-state index in [9.17, 15) is 13.2 Å². The van der Waals surface area contributed by atoms with Crippen LogP contribution in [0.25, 0.3) is 0 Å². The lowest BCUT2D eigenvalue weighted by atomic mass is 10.2. The molecule has 0 saturated heterocycles. The summed E-state index contributed by atoms with van der Waals surface area (Å²) in [6, 6.07) is 7.29. The molecule has 0 bridgehead atoms. The Hall–Kier alpha value is -2.12. The van der Waals surface area contributed by atoms with Gasteiger partial charge in [-0.2, -0.15) is 0 Å². The Balaban J connectivity index is 2.22. The zero-order chi connectivity index (χ0) is 14.0. The van der Waals surface area contributed by atoms with E-state index < -0.39 is 10.0 Å². The van der Waals surface area contributed by atoms with E-state index in [0.29, 0.717) is 17.0 Å². The average Bonchev–Trinajstić information content (AvgIpc) is 2.75. The van der Waals surface area contributed by atoms with Gasteiger partial charge in [0.25, 0.3) is 5.91 Å². The van der Waals surface area contributed by atoms with Crippen LogP contribution in [0.5, 0.6) is 0 Å². The third-order valence-electron chi connectivity index (χ3n) is 2.41. The minimum Gasteiger partial charge on any atom is -0.469 e. The van der Waals surface area contributed by atoms with E-state index in [0.717, 1.165) is 0 Å². The number of nitrogens with one attached hydrogen (secondary N) is 1. The number of aryl methyl sites for hydroxylation is 1. The Labute approximate surface area is 110 Å². The predicted molar refractivity (Wildman–Crippen MR) is 69.2 cm³/mol. The van der Waals surface area contributed by atoms with E-state index in [4.69, 9.17) is 9.56 Å². The van der Waals surface area contributed by atoms with Crippen LogP contribution in [0.4, 0.5) is 5.69 Å². The number of hydrogen-bond acceptors (Lipinski definition) is 4. The molecule has 0 atom stereocenters. The number of benzene rings is 1. The molecule has 100 valence electrons. The number of nitrogens with two attached hydrogens (primary N) is 1. The fourth-order valence-corrected chi connectivity index (χ4v) is 2.08. The van der Waals surface area contributed by atoms with Crippen LogP contribution in [-0.2, 0) is 10.0 Å². The van der Waals surface area contributed by atoms with Crippen molar-refractivity contribution in [3.63, 3.8) is 0 Å². The smallest absolute Gasteiger partial charge is 0.258 e. The number of anilines is 1. The molecule has 6 nitrogen and oxygen atoms in total. The van der Waals surface area contributed by atoms with Gasteiger partial charge in [-0.1, -0.05) is 6.07 Å². The van der Waals surface area contributed by atoms with Gasteiger partial charge in [-0.05, 0) is 31.2 Å². The van der Waals surface area contributed by atoms with Crippen LogP contribution in [0.15, 0.2) is 45.9 Å². The van der Waals surface area contributed by atoms with E-state index in [1.165, 1.54) is 24.5 Å². The largest absolute Gasteiger partial charge is 0.469 e. The highest BCUT2D eigenvalue weighted by molar-refractivity contribution is 7.89. The summed E-state index contributed by atoms with van der Waals surface area (Å²) in [4.78, 5) is 11.8. The molecular weight excluding hydrogens is 268 g/mol. The maximum atomic E-state index is 11.8. The van der Waals surface area contributed by atoms with Crippen molar-refractivity contribution >= 4 is 21.6 Å². The van der Waals surface area contributed by atoms with Crippen molar-refractivity contribution in [3.8, 4) is 0 Å². The Morgan fingerprint density at radius 3 is 2.63 bits per heavy atom. The second kappa shape index (κ2) is 4.87. The first-order valence-corrected chi connectivity index (χ1v) is 6.90. The van der Waals surface area contributed by atoms with Gasteiger partial charge in [0.15, 0.2) is 0 Å². The monoisotopic (exact) mass is 280 g/mol. The minimum absolute atomic E-state index is 0.0614. The topological polar surface area (TPSA) is 102 Å². The summed E-state index contributed by atoms with van der Waals surface area (Å²) in [7, 11) is -3.79. The number of amides is 1. The fraction of sp³-hybridized carbons (Fsp3) is 0.0833. The molecule has 1 aromatic heterocycles. The summed E-state index contributed by atoms with van der Waals surface area (Å²) in [5.74, 6) is 0.229. The molecule has 0 unspecified atom stereocenters. The number of hydrogen-bond donors (Lipinski definition) is 2. The van der Waals surface area contributed by atoms with Crippen molar-refractivity contribution in [1.82, 2.24) is 0 Å². The lowest BCUT2D eigenvalue weighted by Crippen LogP contribution is -2.14. The zero-order valence-electron chi connectivity index (χ0n) is 10.1. The second-order valence-electron chi connectivity index (χ2n) is 3.97. The van der Waals surface area contributed by atoms with Crippen molar-refractivity contribution < 1.29 is 17.6 Å². The van der Waals surface area contributed by atoms with Gasteiger partial charge in [0.2, 0.25) is 10.0 Å². The molecule has 0 radical (unpaired) electrons. The van der Waals surface area contributed by atoms with Gasteiger partial charge in [0.05, 0.1) is 10.5 Å². The van der Waals surface area contributed by atoms with Gasteiger partial charge >= 0.3 is 0 Å². The molecule has 0 spiro atoms. The summed E-state index contributed by atoms with van der Waals surface area (Å²) in [5.41, 5.74) is 0.703. The standard InChI is InChI=1S/C12H12N2O4S/c1-8-5-9(7-18-8)12(15)14-10-3-2-4-11(6-10)19(13,16)17/h2-7H,1H3,(H,14,15)(H2,13,16,17). The van der Waals surface area contributed by atoms with E-state index in [-0.39, 0.29) is 10.8 Å². The number of carbonyl (C=O) groups is 1. The van der Waals surface area contributed by atoms with E-state index in [2.05, 4.69) is 5.32 Å². The Morgan fingerprint density at radius 1 is 1.32 bits per heavy atom. The minimum atomic E-state index is -3.79. The van der Waals surface area contributed by atoms with Crippen molar-refractivity contribution in [2.45, 2.75) is 11.8 Å². The highest BCUT2D eigenvalue weighted by Crippen LogP contribution is 2.16. The van der Waals surface area contributed by atoms with Crippen molar-refractivity contribution in [2.24, 2.45) is 5.14 Å². The highest BCUT2D eigenvalue weighted by atomic mass is 32.2. The van der Waals surface area contributed by atoms with Gasteiger partial charge < -0.3 is 9.73 Å².